The first-order chi connectivity index (χ1) is 17.6. The molecule has 0 spiro atoms. The molecule has 0 fully saturated rings. The van der Waals surface area contributed by atoms with Crippen LogP contribution in [0.2, 0.25) is 0 Å². The highest BCUT2D eigenvalue weighted by molar-refractivity contribution is 6.16. The Morgan fingerprint density at radius 2 is 0.919 bits per heavy atom. The van der Waals surface area contributed by atoms with E-state index in [-0.39, 0.29) is 22.9 Å². The number of halogens is 8. The number of benzene rings is 5. The van der Waals surface area contributed by atoms with Gasteiger partial charge in [0.15, 0.2) is 46.4 Å². The average molecular weight is 517 g/mol. The highest BCUT2D eigenvalue weighted by Crippen LogP contribution is 2.55. The molecule has 1 aliphatic rings. The SMILES string of the molecule is Cc1c(F)c(F)c2c(N3c4ccccc4Oc4ccccc43)c3c(F)c(F)c(F)c(F)c3c(F)c2c1F. The number of hydrogen-bond donors (Lipinski definition) is 0. The predicted molar refractivity (Wildman–Crippen MR) is 121 cm³/mol. The van der Waals surface area contributed by atoms with Crippen LogP contribution >= 0.6 is 0 Å². The van der Waals surface area contributed by atoms with E-state index in [1.54, 1.807) is 12.1 Å². The number of fused-ring (bicyclic) bond motifs is 4. The van der Waals surface area contributed by atoms with Crippen molar-refractivity contribution in [1.29, 1.82) is 0 Å². The maximum atomic E-state index is 15.6. The quantitative estimate of drug-likeness (QED) is 0.0934. The minimum absolute atomic E-state index is 0.0424. The topological polar surface area (TPSA) is 12.5 Å². The third kappa shape index (κ3) is 2.92. The van der Waals surface area contributed by atoms with Crippen molar-refractivity contribution >= 4 is 38.6 Å². The number of para-hydroxylation sites is 4. The molecule has 0 saturated heterocycles. The summed E-state index contributed by atoms with van der Waals surface area (Å²) in [5.41, 5.74) is -1.71. The Labute approximate surface area is 202 Å². The van der Waals surface area contributed by atoms with Crippen molar-refractivity contribution in [3.8, 4) is 11.5 Å². The number of anilines is 3. The van der Waals surface area contributed by atoms with Gasteiger partial charge in [-0.05, 0) is 31.2 Å². The summed E-state index contributed by atoms with van der Waals surface area (Å²) in [4.78, 5) is 1.04. The lowest BCUT2D eigenvalue weighted by molar-refractivity contribution is 0.416. The Balaban J connectivity index is 1.97. The van der Waals surface area contributed by atoms with Gasteiger partial charge in [-0.2, -0.15) is 0 Å². The van der Waals surface area contributed by atoms with Crippen molar-refractivity contribution in [2.24, 2.45) is 0 Å². The molecule has 0 bridgehead atoms. The van der Waals surface area contributed by atoms with Crippen molar-refractivity contribution in [1.82, 2.24) is 0 Å². The molecule has 1 heterocycles. The summed E-state index contributed by atoms with van der Waals surface area (Å²) in [7, 11) is 0. The minimum atomic E-state index is -2.35. The molecule has 0 saturated carbocycles. The molecule has 0 atom stereocenters. The van der Waals surface area contributed by atoms with Crippen molar-refractivity contribution < 1.29 is 39.9 Å². The van der Waals surface area contributed by atoms with Crippen molar-refractivity contribution in [3.63, 3.8) is 0 Å². The van der Waals surface area contributed by atoms with E-state index in [1.807, 2.05) is 0 Å². The van der Waals surface area contributed by atoms with Crippen LogP contribution in [0.15, 0.2) is 48.5 Å². The largest absolute Gasteiger partial charge is 0.453 e. The zero-order chi connectivity index (χ0) is 26.3. The molecule has 0 unspecified atom stereocenters. The van der Waals surface area contributed by atoms with Crippen LogP contribution in [-0.4, -0.2) is 0 Å². The van der Waals surface area contributed by atoms with E-state index in [0.29, 0.717) is 0 Å². The van der Waals surface area contributed by atoms with Crippen LogP contribution in [0.3, 0.4) is 0 Å². The van der Waals surface area contributed by atoms with Gasteiger partial charge in [-0.25, -0.2) is 35.1 Å². The summed E-state index contributed by atoms with van der Waals surface area (Å²) >= 11 is 0. The van der Waals surface area contributed by atoms with Gasteiger partial charge in [0.25, 0.3) is 0 Å². The van der Waals surface area contributed by atoms with Crippen LogP contribution in [0.4, 0.5) is 52.2 Å². The van der Waals surface area contributed by atoms with Gasteiger partial charge in [-0.1, -0.05) is 24.3 Å². The van der Waals surface area contributed by atoms with Gasteiger partial charge < -0.3 is 9.64 Å². The molecule has 10 heteroatoms. The Morgan fingerprint density at radius 1 is 0.486 bits per heavy atom. The molecule has 0 aliphatic carbocycles. The zero-order valence-electron chi connectivity index (χ0n) is 18.5. The standard InChI is InChI=1S/C27H11F8NO/c1-10-19(28)15-17(23(32)20(10)29)27(18-16(21(15)30)22(31)25(34)26(35)24(18)33)36-11-6-2-4-8-13(11)37-14-9-5-3-7-12(14)36/h2-9H,1H3. The molecule has 0 aromatic heterocycles. The fourth-order valence-corrected chi connectivity index (χ4v) is 4.69. The van der Waals surface area contributed by atoms with E-state index in [4.69, 9.17) is 4.74 Å². The minimum Gasteiger partial charge on any atom is -0.453 e. The summed E-state index contributed by atoms with van der Waals surface area (Å²) < 4.78 is 126. The van der Waals surface area contributed by atoms with Crippen LogP contribution < -0.4 is 9.64 Å². The van der Waals surface area contributed by atoms with E-state index >= 15 is 22.0 Å². The van der Waals surface area contributed by atoms with E-state index in [1.165, 1.54) is 36.4 Å². The monoisotopic (exact) mass is 517 g/mol. The molecule has 37 heavy (non-hydrogen) atoms. The second-order valence-corrected chi connectivity index (χ2v) is 8.36. The summed E-state index contributed by atoms with van der Waals surface area (Å²) in [5, 5.41) is -5.12. The molecule has 0 radical (unpaired) electrons. The molecule has 0 amide bonds. The molecule has 1 aliphatic heterocycles. The van der Waals surface area contributed by atoms with Crippen molar-refractivity contribution in [3.05, 3.63) is 101 Å². The Morgan fingerprint density at radius 3 is 1.46 bits per heavy atom. The first-order valence-corrected chi connectivity index (χ1v) is 10.7. The molecule has 6 rings (SSSR count). The third-order valence-electron chi connectivity index (χ3n) is 6.38. The highest BCUT2D eigenvalue weighted by Gasteiger charge is 2.36. The fourth-order valence-electron chi connectivity index (χ4n) is 4.69. The first kappa shape index (κ1) is 23.1. The van der Waals surface area contributed by atoms with Gasteiger partial charge in [-0.3, -0.25) is 0 Å². The van der Waals surface area contributed by atoms with Crippen LogP contribution in [-0.2, 0) is 0 Å². The van der Waals surface area contributed by atoms with E-state index in [0.717, 1.165) is 11.8 Å². The number of nitrogens with zero attached hydrogens (tertiary/aromatic N) is 1. The summed E-state index contributed by atoms with van der Waals surface area (Å²) in [5.74, 6) is -15.7. The van der Waals surface area contributed by atoms with Crippen LogP contribution in [0.25, 0.3) is 21.5 Å². The molecular formula is C27H11F8NO. The van der Waals surface area contributed by atoms with Gasteiger partial charge >= 0.3 is 0 Å². The maximum absolute atomic E-state index is 15.6. The Kier molecular flexibility index (Phi) is 4.88. The normalized spacial score (nSPS) is 12.6. The number of ether oxygens (including phenoxy) is 1. The van der Waals surface area contributed by atoms with Gasteiger partial charge in [-0.15, -0.1) is 0 Å². The average Bonchev–Trinajstić information content (AvgIpc) is 2.90. The van der Waals surface area contributed by atoms with Crippen molar-refractivity contribution in [2.45, 2.75) is 6.92 Å². The lowest BCUT2D eigenvalue weighted by Crippen LogP contribution is -2.18. The van der Waals surface area contributed by atoms with E-state index < -0.39 is 79.3 Å². The van der Waals surface area contributed by atoms with Crippen molar-refractivity contribution in [2.75, 3.05) is 4.90 Å². The zero-order valence-corrected chi connectivity index (χ0v) is 18.5. The lowest BCUT2D eigenvalue weighted by atomic mass is 9.94. The van der Waals surface area contributed by atoms with Crippen LogP contribution in [0.5, 0.6) is 11.5 Å². The van der Waals surface area contributed by atoms with E-state index in [9.17, 15) is 13.2 Å². The summed E-state index contributed by atoms with van der Waals surface area (Å²) in [6.45, 7) is 0.817. The molecular weight excluding hydrogens is 506 g/mol. The van der Waals surface area contributed by atoms with Gasteiger partial charge in [0.2, 0.25) is 0 Å². The summed E-state index contributed by atoms with van der Waals surface area (Å²) in [6, 6.07) is 11.8. The predicted octanol–water partition coefficient (Wildman–Crippen LogP) is 8.99. The summed E-state index contributed by atoms with van der Waals surface area (Å²) in [6.07, 6.45) is 0. The van der Waals surface area contributed by atoms with Crippen LogP contribution in [0, 0.1) is 53.5 Å². The second-order valence-electron chi connectivity index (χ2n) is 8.36. The second kappa shape index (κ2) is 7.83. The molecule has 186 valence electrons. The van der Waals surface area contributed by atoms with Gasteiger partial charge in [0.1, 0.15) is 11.6 Å². The van der Waals surface area contributed by atoms with Gasteiger partial charge in [0, 0.05) is 5.56 Å². The lowest BCUT2D eigenvalue weighted by Gasteiger charge is -2.34. The number of hydrogen-bond acceptors (Lipinski definition) is 2. The molecule has 5 aromatic rings. The molecule has 5 aromatic carbocycles. The Hall–Kier alpha value is -4.34. The fraction of sp³-hybridized carbons (Fsp3) is 0.0370. The first-order valence-electron chi connectivity index (χ1n) is 10.7. The smallest absolute Gasteiger partial charge is 0.198 e. The highest BCUT2D eigenvalue weighted by atomic mass is 19.2. The number of rotatable bonds is 1. The van der Waals surface area contributed by atoms with E-state index in [2.05, 4.69) is 0 Å². The maximum Gasteiger partial charge on any atom is 0.198 e. The molecule has 0 N–H and O–H groups in total. The van der Waals surface area contributed by atoms with Crippen LogP contribution in [0.1, 0.15) is 5.56 Å². The Bertz CT molecular complexity index is 1690. The molecule has 2 nitrogen and oxygen atoms in total. The van der Waals surface area contributed by atoms with Gasteiger partial charge in [0.05, 0.1) is 38.6 Å². The third-order valence-corrected chi connectivity index (χ3v) is 6.38.